The zero-order chi connectivity index (χ0) is 22.9. The van der Waals surface area contributed by atoms with E-state index in [2.05, 4.69) is 15.4 Å². The molecule has 1 aliphatic heterocycles. The molecule has 10 nitrogen and oxygen atoms in total. The molecule has 1 aliphatic rings. The summed E-state index contributed by atoms with van der Waals surface area (Å²) in [6.45, 7) is 4.41. The van der Waals surface area contributed by atoms with Crippen LogP contribution >= 0.6 is 0 Å². The standard InChI is InChI=1S/C21H22N4O6S/c1-13(2)25-21(27)16-7-4-3-6-15(16)19(23-25)20(26)22-24-32(28,29)14-8-9-17-18(12-14)31-11-5-10-30-17/h3-4,6-9,12-13,24H,5,10-11H2,1-2H3,(H,22,26). The zero-order valence-electron chi connectivity index (χ0n) is 17.5. The summed E-state index contributed by atoms with van der Waals surface area (Å²) in [4.78, 5) is 27.4. The highest BCUT2D eigenvalue weighted by Gasteiger charge is 2.22. The number of hydrazine groups is 1. The maximum Gasteiger partial charge on any atom is 0.287 e. The molecule has 0 spiro atoms. The van der Waals surface area contributed by atoms with Crippen molar-refractivity contribution in [3.05, 3.63) is 58.5 Å². The predicted octanol–water partition coefficient (Wildman–Crippen LogP) is 1.76. The van der Waals surface area contributed by atoms with Crippen molar-refractivity contribution in [2.24, 2.45) is 0 Å². The highest BCUT2D eigenvalue weighted by atomic mass is 32.2. The first-order chi connectivity index (χ1) is 15.3. The summed E-state index contributed by atoms with van der Waals surface area (Å²) in [6, 6.07) is 10.4. The number of rotatable bonds is 5. The van der Waals surface area contributed by atoms with Crippen molar-refractivity contribution in [3.63, 3.8) is 0 Å². The van der Waals surface area contributed by atoms with Crippen LogP contribution in [0, 0.1) is 0 Å². The molecule has 168 valence electrons. The summed E-state index contributed by atoms with van der Waals surface area (Å²) >= 11 is 0. The monoisotopic (exact) mass is 458 g/mol. The van der Waals surface area contributed by atoms with Gasteiger partial charge in [0.1, 0.15) is 0 Å². The Hall–Kier alpha value is -3.44. The van der Waals surface area contributed by atoms with Gasteiger partial charge in [-0.05, 0) is 32.0 Å². The highest BCUT2D eigenvalue weighted by molar-refractivity contribution is 7.89. The minimum atomic E-state index is -4.11. The molecule has 0 fully saturated rings. The number of sulfonamides is 1. The zero-order valence-corrected chi connectivity index (χ0v) is 18.3. The van der Waals surface area contributed by atoms with Crippen molar-refractivity contribution >= 4 is 26.7 Å². The molecule has 2 heterocycles. The number of amides is 1. The molecule has 0 saturated heterocycles. The Labute approximate surface area is 184 Å². The van der Waals surface area contributed by atoms with Gasteiger partial charge in [0, 0.05) is 17.9 Å². The number of ether oxygens (including phenoxy) is 2. The molecule has 0 bridgehead atoms. The van der Waals surface area contributed by atoms with Crippen LogP contribution in [0.1, 0.15) is 36.8 Å². The van der Waals surface area contributed by atoms with Crippen LogP contribution in [0.25, 0.3) is 10.8 Å². The van der Waals surface area contributed by atoms with E-state index in [0.717, 1.165) is 0 Å². The van der Waals surface area contributed by atoms with Crippen LogP contribution in [0.3, 0.4) is 0 Å². The molecular formula is C21H22N4O6S. The lowest BCUT2D eigenvalue weighted by molar-refractivity contribution is 0.0939. The maximum atomic E-state index is 12.8. The Bertz CT molecular complexity index is 1350. The smallest absolute Gasteiger partial charge is 0.287 e. The van der Waals surface area contributed by atoms with Crippen molar-refractivity contribution in [2.75, 3.05) is 13.2 Å². The lowest BCUT2D eigenvalue weighted by atomic mass is 10.1. The van der Waals surface area contributed by atoms with Crippen molar-refractivity contribution < 1.29 is 22.7 Å². The fourth-order valence-corrected chi connectivity index (χ4v) is 4.12. The second kappa shape index (κ2) is 8.60. The van der Waals surface area contributed by atoms with Crippen LogP contribution in [-0.2, 0) is 10.0 Å². The molecule has 4 rings (SSSR count). The largest absolute Gasteiger partial charge is 0.490 e. The van der Waals surface area contributed by atoms with Crippen LogP contribution in [-0.4, -0.2) is 37.3 Å². The van der Waals surface area contributed by atoms with Gasteiger partial charge in [-0.1, -0.05) is 18.2 Å². The van der Waals surface area contributed by atoms with Gasteiger partial charge in [-0.2, -0.15) is 5.10 Å². The fraction of sp³-hybridized carbons (Fsp3) is 0.286. The first-order valence-corrected chi connectivity index (χ1v) is 11.5. The topological polar surface area (TPSA) is 129 Å². The van der Waals surface area contributed by atoms with E-state index in [0.29, 0.717) is 41.9 Å². The summed E-state index contributed by atoms with van der Waals surface area (Å²) in [6.07, 6.45) is 0.685. The molecule has 0 aliphatic carbocycles. The number of hydrogen-bond acceptors (Lipinski definition) is 7. The lowest BCUT2D eigenvalue weighted by Crippen LogP contribution is -2.42. The van der Waals surface area contributed by atoms with Crippen molar-refractivity contribution in [3.8, 4) is 11.5 Å². The second-order valence-electron chi connectivity index (χ2n) is 7.46. The Morgan fingerprint density at radius 2 is 1.75 bits per heavy atom. The van der Waals surface area contributed by atoms with E-state index in [9.17, 15) is 18.0 Å². The van der Waals surface area contributed by atoms with Crippen molar-refractivity contribution in [1.29, 1.82) is 0 Å². The average Bonchev–Trinajstić information content (AvgIpc) is 3.02. The third-order valence-electron chi connectivity index (χ3n) is 4.86. The Balaban J connectivity index is 1.61. The number of carbonyl (C=O) groups excluding carboxylic acids is 1. The first kappa shape index (κ1) is 21.8. The molecule has 3 aromatic rings. The van der Waals surface area contributed by atoms with E-state index in [4.69, 9.17) is 9.47 Å². The number of fused-ring (bicyclic) bond motifs is 2. The van der Waals surface area contributed by atoms with E-state index >= 15 is 0 Å². The molecule has 32 heavy (non-hydrogen) atoms. The maximum absolute atomic E-state index is 12.8. The second-order valence-corrected chi connectivity index (χ2v) is 9.14. The summed E-state index contributed by atoms with van der Waals surface area (Å²) < 4.78 is 37.7. The van der Waals surface area contributed by atoms with Crippen LogP contribution in [0.4, 0.5) is 0 Å². The number of benzene rings is 2. The SMILES string of the molecule is CC(C)n1nc(C(=O)NNS(=O)(=O)c2ccc3c(c2)OCCCO3)c2ccccc2c1=O. The van der Waals surface area contributed by atoms with E-state index < -0.39 is 15.9 Å². The summed E-state index contributed by atoms with van der Waals surface area (Å²) in [5.41, 5.74) is 1.77. The Kier molecular flexibility index (Phi) is 5.85. The molecular weight excluding hydrogens is 436 g/mol. The number of nitrogens with one attached hydrogen (secondary N) is 2. The fourth-order valence-electron chi connectivity index (χ4n) is 3.27. The van der Waals surface area contributed by atoms with Gasteiger partial charge >= 0.3 is 0 Å². The van der Waals surface area contributed by atoms with Gasteiger partial charge in [0.2, 0.25) is 0 Å². The number of aromatic nitrogens is 2. The van der Waals surface area contributed by atoms with Crippen molar-refractivity contribution in [1.82, 2.24) is 20.0 Å². The summed E-state index contributed by atoms with van der Waals surface area (Å²) in [5.74, 6) is -0.0287. The Morgan fingerprint density at radius 3 is 2.47 bits per heavy atom. The normalized spacial score (nSPS) is 13.7. The quantitative estimate of drug-likeness (QED) is 0.558. The molecule has 2 aromatic carbocycles. The number of carbonyl (C=O) groups is 1. The predicted molar refractivity (Wildman–Crippen MR) is 116 cm³/mol. The van der Waals surface area contributed by atoms with E-state index in [1.165, 1.54) is 22.9 Å². The molecule has 0 radical (unpaired) electrons. The Morgan fingerprint density at radius 1 is 1.06 bits per heavy atom. The molecule has 1 amide bonds. The van der Waals surface area contributed by atoms with E-state index in [1.54, 1.807) is 38.1 Å². The van der Waals surface area contributed by atoms with Crippen LogP contribution in [0.15, 0.2) is 52.2 Å². The van der Waals surface area contributed by atoms with Gasteiger partial charge < -0.3 is 9.47 Å². The third-order valence-corrected chi connectivity index (χ3v) is 6.11. The van der Waals surface area contributed by atoms with Crippen LogP contribution in [0.2, 0.25) is 0 Å². The van der Waals surface area contributed by atoms with Gasteiger partial charge in [0.15, 0.2) is 17.2 Å². The minimum Gasteiger partial charge on any atom is -0.490 e. The average molecular weight is 458 g/mol. The third kappa shape index (κ3) is 4.16. The molecule has 0 saturated carbocycles. The van der Waals surface area contributed by atoms with Gasteiger partial charge in [-0.15, -0.1) is 4.83 Å². The van der Waals surface area contributed by atoms with Gasteiger partial charge in [0.05, 0.1) is 29.5 Å². The first-order valence-electron chi connectivity index (χ1n) is 10.0. The minimum absolute atomic E-state index is 0.0738. The lowest BCUT2D eigenvalue weighted by Gasteiger charge is -2.14. The van der Waals surface area contributed by atoms with E-state index in [-0.39, 0.29) is 22.2 Å². The molecule has 11 heteroatoms. The highest BCUT2D eigenvalue weighted by Crippen LogP contribution is 2.31. The van der Waals surface area contributed by atoms with Crippen LogP contribution < -0.4 is 25.3 Å². The molecule has 2 N–H and O–H groups in total. The summed E-state index contributed by atoms with van der Waals surface area (Å²) in [7, 11) is -4.11. The number of hydrogen-bond donors (Lipinski definition) is 2. The van der Waals surface area contributed by atoms with E-state index in [1.807, 2.05) is 0 Å². The van der Waals surface area contributed by atoms with Gasteiger partial charge in [-0.3, -0.25) is 15.0 Å². The van der Waals surface area contributed by atoms with Crippen LogP contribution in [0.5, 0.6) is 11.5 Å². The van der Waals surface area contributed by atoms with Crippen molar-refractivity contribution in [2.45, 2.75) is 31.2 Å². The van der Waals surface area contributed by atoms with Gasteiger partial charge in [0.25, 0.3) is 21.5 Å². The molecule has 0 atom stereocenters. The summed E-state index contributed by atoms with van der Waals surface area (Å²) in [5, 5.41) is 4.80. The molecule has 1 aromatic heterocycles. The molecule has 0 unspecified atom stereocenters. The van der Waals surface area contributed by atoms with Gasteiger partial charge in [-0.25, -0.2) is 13.1 Å². The number of nitrogens with zero attached hydrogens (tertiary/aromatic N) is 2.